The maximum atomic E-state index is 13.1. The number of rotatable bonds is 6. The summed E-state index contributed by atoms with van der Waals surface area (Å²) in [5, 5.41) is 13.4. The number of aliphatic hydroxyl groups is 1. The van der Waals surface area contributed by atoms with E-state index in [2.05, 4.69) is 5.32 Å². The SMILES string of the molecule is O=[S@@]1CC2(CC2)c2nc(N3CCC(c4ccc(S(F)(F)(F)(F)F)cc4)CC3)nc(NC3(CO)CCC3)c21. The lowest BCUT2D eigenvalue weighted by Crippen LogP contribution is -2.49. The molecule has 6 rings (SSSR count). The van der Waals surface area contributed by atoms with E-state index < -0.39 is 31.5 Å². The van der Waals surface area contributed by atoms with Crippen molar-refractivity contribution in [2.24, 2.45) is 0 Å². The third-order valence-corrected chi connectivity index (χ3v) is 11.2. The number of fused-ring (bicyclic) bond motifs is 2. The maximum absolute atomic E-state index is 13.1. The van der Waals surface area contributed by atoms with Crippen molar-refractivity contribution in [1.29, 1.82) is 0 Å². The van der Waals surface area contributed by atoms with Crippen molar-refractivity contribution in [2.75, 3.05) is 35.7 Å². The molecule has 3 fully saturated rings. The van der Waals surface area contributed by atoms with Gasteiger partial charge in [0, 0.05) is 24.3 Å². The average molecular weight is 565 g/mol. The Morgan fingerprint density at radius 2 is 1.68 bits per heavy atom. The standard InChI is InChI=1S/C24H29F5N4O2S2/c25-37(26,27,28,29)18-4-2-16(3-5-18)17-6-12-33(13-7-17)22-30-20-19(36(35)15-23(20)10-11-23)21(31-22)32-24(14-34)8-1-9-24/h2-5,17,34H,1,6-15H2,(H,30,31,32)/t36-/m1/s1. The van der Waals surface area contributed by atoms with Gasteiger partial charge >= 0.3 is 10.2 Å². The summed E-state index contributed by atoms with van der Waals surface area (Å²) < 4.78 is 78.4. The molecule has 204 valence electrons. The van der Waals surface area contributed by atoms with Crippen molar-refractivity contribution in [2.45, 2.75) is 71.6 Å². The van der Waals surface area contributed by atoms with Crippen LogP contribution in [0.4, 0.5) is 31.2 Å². The average Bonchev–Trinajstić information content (AvgIpc) is 3.53. The summed E-state index contributed by atoms with van der Waals surface area (Å²) in [7, 11) is -10.9. The third kappa shape index (κ3) is 4.50. The predicted octanol–water partition coefficient (Wildman–Crippen LogP) is 6.00. The van der Waals surface area contributed by atoms with Gasteiger partial charge in [-0.2, -0.15) is 4.98 Å². The molecule has 3 heterocycles. The monoisotopic (exact) mass is 564 g/mol. The van der Waals surface area contributed by atoms with Crippen LogP contribution in [0.1, 0.15) is 62.1 Å². The first-order valence-electron chi connectivity index (χ1n) is 12.5. The normalized spacial score (nSPS) is 26.2. The van der Waals surface area contributed by atoms with Gasteiger partial charge in [-0.15, -0.1) is 0 Å². The van der Waals surface area contributed by atoms with Crippen LogP contribution >= 0.6 is 10.2 Å². The lowest BCUT2D eigenvalue weighted by atomic mass is 9.77. The third-order valence-electron chi connectivity index (χ3n) is 8.42. The van der Waals surface area contributed by atoms with E-state index in [-0.39, 0.29) is 17.9 Å². The second-order valence-electron chi connectivity index (χ2n) is 11.0. The molecule has 1 saturated heterocycles. The number of anilines is 2. The van der Waals surface area contributed by atoms with E-state index in [4.69, 9.17) is 9.97 Å². The van der Waals surface area contributed by atoms with Crippen LogP contribution in [0.5, 0.6) is 0 Å². The van der Waals surface area contributed by atoms with Crippen molar-refractivity contribution in [3.63, 3.8) is 0 Å². The van der Waals surface area contributed by atoms with Gasteiger partial charge in [0.05, 0.1) is 28.6 Å². The summed E-state index contributed by atoms with van der Waals surface area (Å²) in [6, 6.07) is 3.27. The fourth-order valence-corrected chi connectivity index (χ4v) is 8.26. The smallest absolute Gasteiger partial charge is 0.310 e. The van der Waals surface area contributed by atoms with Crippen LogP contribution in [0.3, 0.4) is 0 Å². The molecule has 0 bridgehead atoms. The lowest BCUT2D eigenvalue weighted by Gasteiger charge is -2.42. The van der Waals surface area contributed by atoms with Gasteiger partial charge in [0.15, 0.2) is 0 Å². The highest BCUT2D eigenvalue weighted by Gasteiger charge is 2.65. The van der Waals surface area contributed by atoms with Crippen LogP contribution in [0.25, 0.3) is 0 Å². The first-order valence-corrected chi connectivity index (χ1v) is 15.8. The van der Waals surface area contributed by atoms with Gasteiger partial charge in [0.1, 0.15) is 15.6 Å². The van der Waals surface area contributed by atoms with Gasteiger partial charge in [-0.05, 0) is 68.6 Å². The van der Waals surface area contributed by atoms with Gasteiger partial charge in [-0.25, -0.2) is 4.98 Å². The molecule has 2 aliphatic heterocycles. The van der Waals surface area contributed by atoms with Gasteiger partial charge in [-0.3, -0.25) is 4.21 Å². The molecule has 1 aromatic heterocycles. The highest BCUT2D eigenvalue weighted by atomic mass is 32.5. The first kappa shape index (κ1) is 25.3. The van der Waals surface area contributed by atoms with Crippen molar-refractivity contribution >= 4 is 32.8 Å². The van der Waals surface area contributed by atoms with Crippen LogP contribution in [-0.4, -0.2) is 50.3 Å². The highest BCUT2D eigenvalue weighted by Crippen LogP contribution is 3.02. The van der Waals surface area contributed by atoms with E-state index in [1.807, 2.05) is 4.90 Å². The Kier molecular flexibility index (Phi) is 5.17. The molecular formula is C24H29F5N4O2S2. The van der Waals surface area contributed by atoms with Crippen molar-refractivity contribution in [3.8, 4) is 0 Å². The molecule has 2 N–H and O–H groups in total. The van der Waals surface area contributed by atoms with E-state index in [1.54, 1.807) is 0 Å². The molecule has 0 radical (unpaired) electrons. The molecule has 2 aromatic rings. The zero-order valence-corrected chi connectivity index (χ0v) is 21.7. The molecule has 1 aromatic carbocycles. The first-order chi connectivity index (χ1) is 17.2. The number of halogens is 5. The van der Waals surface area contributed by atoms with Crippen molar-refractivity contribution in [1.82, 2.24) is 9.97 Å². The molecule has 37 heavy (non-hydrogen) atoms. The summed E-state index contributed by atoms with van der Waals surface area (Å²) in [6.07, 6.45) is 5.70. The number of piperidine rings is 1. The van der Waals surface area contributed by atoms with Gasteiger partial charge in [-0.1, -0.05) is 31.6 Å². The Balaban J connectivity index is 1.23. The summed E-state index contributed by atoms with van der Waals surface area (Å²) in [4.78, 5) is 10.4. The van der Waals surface area contributed by atoms with Crippen molar-refractivity contribution < 1.29 is 28.7 Å². The van der Waals surface area contributed by atoms with E-state index in [0.717, 1.165) is 49.9 Å². The van der Waals surface area contributed by atoms with Crippen LogP contribution in [0.15, 0.2) is 34.1 Å². The second-order valence-corrected chi connectivity index (χ2v) is 14.8. The fourth-order valence-electron chi connectivity index (χ4n) is 5.75. The number of hydrogen-bond acceptors (Lipinski definition) is 6. The quantitative estimate of drug-likeness (QED) is 0.420. The molecular weight excluding hydrogens is 535 g/mol. The minimum Gasteiger partial charge on any atom is -0.394 e. The number of nitrogens with one attached hydrogen (secondary N) is 1. The molecule has 13 heteroatoms. The molecule has 0 amide bonds. The summed E-state index contributed by atoms with van der Waals surface area (Å²) in [6.45, 7) is 1.06. The summed E-state index contributed by atoms with van der Waals surface area (Å²) in [5.74, 6) is 1.53. The van der Waals surface area contributed by atoms with Gasteiger partial charge in [0.2, 0.25) is 5.95 Å². The molecule has 2 aliphatic carbocycles. The zero-order chi connectivity index (χ0) is 26.3. The number of aromatic nitrogens is 2. The second kappa shape index (κ2) is 7.56. The maximum Gasteiger partial charge on any atom is 0.310 e. The van der Waals surface area contributed by atoms with E-state index in [0.29, 0.717) is 66.0 Å². The van der Waals surface area contributed by atoms with Crippen LogP contribution in [0, 0.1) is 0 Å². The summed E-state index contributed by atoms with van der Waals surface area (Å²) >= 11 is 0. The fraction of sp³-hybridized carbons (Fsp3) is 0.583. The Bertz CT molecular complexity index is 1270. The molecule has 6 nitrogen and oxygen atoms in total. The Morgan fingerprint density at radius 1 is 1.03 bits per heavy atom. The van der Waals surface area contributed by atoms with Gasteiger partial charge < -0.3 is 15.3 Å². The molecule has 1 spiro atoms. The minimum atomic E-state index is -9.69. The molecule has 1 atom stereocenters. The minimum absolute atomic E-state index is 0.0366. The largest absolute Gasteiger partial charge is 0.394 e. The van der Waals surface area contributed by atoms with Crippen molar-refractivity contribution in [3.05, 3.63) is 35.5 Å². The Morgan fingerprint density at radius 3 is 2.19 bits per heavy atom. The van der Waals surface area contributed by atoms with Crippen LogP contribution in [0.2, 0.25) is 0 Å². The van der Waals surface area contributed by atoms with Crippen LogP contribution in [-0.2, 0) is 16.2 Å². The van der Waals surface area contributed by atoms with Crippen LogP contribution < -0.4 is 10.2 Å². The summed E-state index contributed by atoms with van der Waals surface area (Å²) in [5.41, 5.74) is 0.810. The number of nitrogens with zero attached hydrogens (tertiary/aromatic N) is 3. The molecule has 4 aliphatic rings. The number of hydrogen-bond donors (Lipinski definition) is 2. The lowest BCUT2D eigenvalue weighted by molar-refractivity contribution is 0.143. The Hall–Kier alpha value is -1.99. The number of benzene rings is 1. The van der Waals surface area contributed by atoms with Gasteiger partial charge in [0.25, 0.3) is 0 Å². The van der Waals surface area contributed by atoms with E-state index in [9.17, 15) is 28.7 Å². The zero-order valence-electron chi connectivity index (χ0n) is 20.1. The van der Waals surface area contributed by atoms with E-state index in [1.165, 1.54) is 0 Å². The number of aliphatic hydroxyl groups excluding tert-OH is 1. The highest BCUT2D eigenvalue weighted by molar-refractivity contribution is 8.45. The molecule has 0 unspecified atom stereocenters. The predicted molar refractivity (Wildman–Crippen MR) is 134 cm³/mol. The Labute approximate surface area is 214 Å². The topological polar surface area (TPSA) is 78.4 Å². The van der Waals surface area contributed by atoms with E-state index >= 15 is 0 Å². The molecule has 2 saturated carbocycles.